The SMILES string of the molecule is Cc1ccc(N2CCN(c3ccc(Br)cc3C)CC2)cc1NC(=O)NC=O.NC=S. The van der Waals surface area contributed by atoms with Crippen molar-refractivity contribution in [2.75, 3.05) is 41.3 Å². The van der Waals surface area contributed by atoms with Gasteiger partial charge in [0.2, 0.25) is 6.41 Å². The molecular weight excluding hydrogens is 466 g/mol. The minimum absolute atomic E-state index is 0.373. The maximum absolute atomic E-state index is 11.6. The average Bonchev–Trinajstić information content (AvgIpc) is 2.71. The summed E-state index contributed by atoms with van der Waals surface area (Å²) in [7, 11) is 0. The molecule has 2 aromatic carbocycles. The zero-order valence-electron chi connectivity index (χ0n) is 17.0. The molecule has 7 nitrogen and oxygen atoms in total. The van der Waals surface area contributed by atoms with Crippen LogP contribution in [0.5, 0.6) is 0 Å². The fraction of sp³-hybridized carbons (Fsp3) is 0.286. The van der Waals surface area contributed by atoms with Gasteiger partial charge in [-0.05, 0) is 55.3 Å². The number of piperazine rings is 1. The van der Waals surface area contributed by atoms with Gasteiger partial charge in [-0.25, -0.2) is 4.79 Å². The summed E-state index contributed by atoms with van der Waals surface area (Å²) < 4.78 is 1.10. The minimum Gasteiger partial charge on any atom is -0.396 e. The van der Waals surface area contributed by atoms with Crippen molar-refractivity contribution in [2.45, 2.75) is 13.8 Å². The first-order chi connectivity index (χ1) is 14.4. The molecule has 0 bridgehead atoms. The maximum Gasteiger partial charge on any atom is 0.325 e. The van der Waals surface area contributed by atoms with Crippen molar-refractivity contribution >= 4 is 63.1 Å². The summed E-state index contributed by atoms with van der Waals surface area (Å²) in [6.07, 6.45) is 0.373. The molecule has 2 aromatic rings. The number of hydrogen-bond donors (Lipinski definition) is 3. The van der Waals surface area contributed by atoms with Crippen LogP contribution in [-0.2, 0) is 4.79 Å². The van der Waals surface area contributed by atoms with Gasteiger partial charge >= 0.3 is 6.03 Å². The molecule has 1 heterocycles. The van der Waals surface area contributed by atoms with Gasteiger partial charge in [0.15, 0.2) is 0 Å². The fourth-order valence-corrected chi connectivity index (χ4v) is 3.81. The van der Waals surface area contributed by atoms with Crippen molar-refractivity contribution in [1.29, 1.82) is 0 Å². The molecule has 0 aliphatic carbocycles. The van der Waals surface area contributed by atoms with E-state index in [2.05, 4.69) is 85.5 Å². The van der Waals surface area contributed by atoms with E-state index in [1.165, 1.54) is 11.3 Å². The fourth-order valence-electron chi connectivity index (χ4n) is 3.33. The highest BCUT2D eigenvalue weighted by Gasteiger charge is 2.19. The third kappa shape index (κ3) is 6.43. The molecule has 3 rings (SSSR count). The van der Waals surface area contributed by atoms with Crippen LogP contribution >= 0.6 is 28.1 Å². The number of carbonyl (C=O) groups excluding carboxylic acids is 2. The number of anilines is 3. The van der Waals surface area contributed by atoms with E-state index in [0.717, 1.165) is 47.4 Å². The molecule has 9 heteroatoms. The smallest absolute Gasteiger partial charge is 0.325 e. The lowest BCUT2D eigenvalue weighted by Crippen LogP contribution is -2.46. The lowest BCUT2D eigenvalue weighted by molar-refractivity contribution is -0.108. The van der Waals surface area contributed by atoms with Gasteiger partial charge in [0.1, 0.15) is 0 Å². The number of benzene rings is 2. The molecule has 0 atom stereocenters. The minimum atomic E-state index is -0.527. The van der Waals surface area contributed by atoms with Crippen molar-refractivity contribution in [3.05, 3.63) is 52.0 Å². The summed E-state index contributed by atoms with van der Waals surface area (Å²) in [6, 6.07) is 11.9. The number of imide groups is 1. The molecule has 0 unspecified atom stereocenters. The molecule has 0 saturated carbocycles. The molecular formula is C21H26BrN5O2S. The zero-order chi connectivity index (χ0) is 22.1. The number of carbonyl (C=O) groups is 2. The van der Waals surface area contributed by atoms with E-state index in [-0.39, 0.29) is 0 Å². The lowest BCUT2D eigenvalue weighted by atomic mass is 10.1. The Kier molecular flexibility index (Phi) is 9.07. The van der Waals surface area contributed by atoms with Crippen LogP contribution < -0.4 is 26.2 Å². The Bertz CT molecular complexity index is 901. The molecule has 3 amide bonds. The average molecular weight is 492 g/mol. The molecule has 1 aliphatic rings. The first-order valence-electron chi connectivity index (χ1n) is 9.42. The quantitative estimate of drug-likeness (QED) is 0.447. The number of rotatable bonds is 4. The monoisotopic (exact) mass is 491 g/mol. The van der Waals surface area contributed by atoms with Gasteiger partial charge in [-0.3, -0.25) is 10.1 Å². The van der Waals surface area contributed by atoms with E-state index in [1.54, 1.807) is 0 Å². The van der Waals surface area contributed by atoms with Gasteiger partial charge in [-0.2, -0.15) is 0 Å². The van der Waals surface area contributed by atoms with Crippen molar-refractivity contribution in [3.8, 4) is 0 Å². The second-order valence-corrected chi connectivity index (χ2v) is 7.94. The summed E-state index contributed by atoms with van der Waals surface area (Å²) in [5, 5.41) is 4.81. The summed E-state index contributed by atoms with van der Waals surface area (Å²) in [6.45, 7) is 7.73. The highest BCUT2D eigenvalue weighted by atomic mass is 79.9. The predicted octanol–water partition coefficient (Wildman–Crippen LogP) is 3.57. The number of urea groups is 1. The topological polar surface area (TPSA) is 90.7 Å². The number of aryl methyl sites for hydroxylation is 2. The summed E-state index contributed by atoms with van der Waals surface area (Å²) in [5.41, 5.74) is 10.9. The van der Waals surface area contributed by atoms with Crippen molar-refractivity contribution < 1.29 is 9.59 Å². The molecule has 0 spiro atoms. The van der Waals surface area contributed by atoms with Crippen LogP contribution in [-0.4, -0.2) is 44.1 Å². The molecule has 0 radical (unpaired) electrons. The van der Waals surface area contributed by atoms with E-state index >= 15 is 0 Å². The van der Waals surface area contributed by atoms with E-state index < -0.39 is 6.03 Å². The first-order valence-corrected chi connectivity index (χ1v) is 10.7. The Morgan fingerprint density at radius 3 is 2.30 bits per heavy atom. The van der Waals surface area contributed by atoms with Gasteiger partial charge in [0.05, 0.1) is 5.49 Å². The zero-order valence-corrected chi connectivity index (χ0v) is 19.4. The highest BCUT2D eigenvalue weighted by Crippen LogP contribution is 2.28. The highest BCUT2D eigenvalue weighted by molar-refractivity contribution is 9.10. The second-order valence-electron chi connectivity index (χ2n) is 6.76. The first kappa shape index (κ1) is 23.6. The number of hydrogen-bond acceptors (Lipinski definition) is 5. The number of thiocarbonyl (C=S) groups is 1. The van der Waals surface area contributed by atoms with E-state index in [0.29, 0.717) is 12.1 Å². The van der Waals surface area contributed by atoms with Crippen LogP contribution in [0.25, 0.3) is 0 Å². The summed E-state index contributed by atoms with van der Waals surface area (Å²) in [5.74, 6) is 0. The van der Waals surface area contributed by atoms with Crippen LogP contribution in [0, 0.1) is 13.8 Å². The Morgan fingerprint density at radius 1 is 1.07 bits per heavy atom. The lowest BCUT2D eigenvalue weighted by Gasteiger charge is -2.38. The van der Waals surface area contributed by atoms with Crippen molar-refractivity contribution in [2.24, 2.45) is 5.73 Å². The molecule has 1 saturated heterocycles. The molecule has 160 valence electrons. The van der Waals surface area contributed by atoms with E-state index in [1.807, 2.05) is 19.1 Å². The van der Waals surface area contributed by atoms with Gasteiger partial charge < -0.3 is 20.9 Å². The number of amides is 3. The van der Waals surface area contributed by atoms with Crippen LogP contribution in [0.15, 0.2) is 40.9 Å². The van der Waals surface area contributed by atoms with Crippen LogP contribution in [0.2, 0.25) is 0 Å². The normalized spacial score (nSPS) is 13.0. The Hall–Kier alpha value is -2.65. The van der Waals surface area contributed by atoms with Crippen LogP contribution in [0.1, 0.15) is 11.1 Å². The molecule has 0 aromatic heterocycles. The van der Waals surface area contributed by atoms with Gasteiger partial charge in [-0.15, -0.1) is 0 Å². The van der Waals surface area contributed by atoms with Gasteiger partial charge in [0, 0.05) is 47.7 Å². The molecule has 1 aliphatic heterocycles. The Morgan fingerprint density at radius 2 is 1.70 bits per heavy atom. The summed E-state index contributed by atoms with van der Waals surface area (Å²) in [4.78, 5) is 26.8. The number of nitrogens with two attached hydrogens (primary N) is 1. The van der Waals surface area contributed by atoms with Gasteiger partial charge in [0.25, 0.3) is 0 Å². The van der Waals surface area contributed by atoms with Crippen molar-refractivity contribution in [3.63, 3.8) is 0 Å². The second kappa shape index (κ2) is 11.5. The largest absolute Gasteiger partial charge is 0.396 e. The molecule has 30 heavy (non-hydrogen) atoms. The van der Waals surface area contributed by atoms with E-state index in [9.17, 15) is 9.59 Å². The number of halogens is 1. The molecule has 4 N–H and O–H groups in total. The Balaban J connectivity index is 0.00000101. The predicted molar refractivity (Wildman–Crippen MR) is 131 cm³/mol. The van der Waals surface area contributed by atoms with Crippen molar-refractivity contribution in [1.82, 2.24) is 5.32 Å². The third-order valence-electron chi connectivity index (χ3n) is 4.80. The Labute approximate surface area is 190 Å². The van der Waals surface area contributed by atoms with Gasteiger partial charge in [-0.1, -0.05) is 34.2 Å². The third-order valence-corrected chi connectivity index (χ3v) is 5.30. The maximum atomic E-state index is 11.6. The van der Waals surface area contributed by atoms with E-state index in [4.69, 9.17) is 0 Å². The number of nitrogens with zero attached hydrogens (tertiary/aromatic N) is 2. The summed E-state index contributed by atoms with van der Waals surface area (Å²) >= 11 is 7.57. The number of nitrogens with one attached hydrogen (secondary N) is 2. The standard InChI is InChI=1S/C20H23BrN4O2.CH3NS/c1-14-3-5-17(12-18(14)23-20(27)22-13-26)24-7-9-25(10-8-24)19-6-4-16(21)11-15(19)2;2-1-3/h3-6,11-13H,7-10H2,1-2H3,(H2,22,23,26,27);1H,(H2,2,3). The van der Waals surface area contributed by atoms with Crippen LogP contribution in [0.4, 0.5) is 21.9 Å². The molecule has 1 fully saturated rings. The van der Waals surface area contributed by atoms with Crippen LogP contribution in [0.3, 0.4) is 0 Å².